The maximum absolute atomic E-state index is 12.4. The van der Waals surface area contributed by atoms with Crippen LogP contribution < -0.4 is 5.32 Å². The molecule has 2 amide bonds. The van der Waals surface area contributed by atoms with Crippen molar-refractivity contribution in [3.8, 4) is 0 Å². The molecule has 130 valence electrons. The summed E-state index contributed by atoms with van der Waals surface area (Å²) in [4.78, 5) is 26.4. The van der Waals surface area contributed by atoms with Gasteiger partial charge in [0.2, 0.25) is 0 Å². The molecule has 0 aromatic heterocycles. The van der Waals surface area contributed by atoms with Crippen molar-refractivity contribution in [1.29, 1.82) is 0 Å². The van der Waals surface area contributed by atoms with Crippen molar-refractivity contribution in [2.24, 2.45) is 11.8 Å². The summed E-state index contributed by atoms with van der Waals surface area (Å²) in [5.74, 6) is 0.984. The topological polar surface area (TPSA) is 49.4 Å². The first-order valence-corrected chi connectivity index (χ1v) is 9.36. The number of nitrogens with zero attached hydrogens (tertiary/aromatic N) is 1. The molecule has 1 aliphatic carbocycles. The van der Waals surface area contributed by atoms with Crippen molar-refractivity contribution in [2.45, 2.75) is 45.4 Å². The van der Waals surface area contributed by atoms with E-state index >= 15 is 0 Å². The van der Waals surface area contributed by atoms with Crippen LogP contribution in [-0.2, 0) is 0 Å². The van der Waals surface area contributed by atoms with Crippen LogP contribution in [0.5, 0.6) is 0 Å². The molecule has 4 nitrogen and oxygen atoms in total. The van der Waals surface area contributed by atoms with Crippen LogP contribution in [0.3, 0.4) is 0 Å². The second-order valence-electron chi connectivity index (χ2n) is 7.21. The molecule has 1 fully saturated rings. The average Bonchev–Trinajstić information content (AvgIpc) is 2.85. The standard InChI is InChI=1S/C20H28N2O2/c1-2-3-12-21-13-15-8-10-16(11-9-15)14-22-19(23)17-6-4-5-7-18(17)20(22)24/h4-7,15-16,21H,2-3,8-14H2,1H3. The lowest BCUT2D eigenvalue weighted by Gasteiger charge is -2.30. The average molecular weight is 328 g/mol. The molecule has 1 N–H and O–H groups in total. The van der Waals surface area contributed by atoms with Crippen LogP contribution in [0.15, 0.2) is 24.3 Å². The summed E-state index contributed by atoms with van der Waals surface area (Å²) in [6, 6.07) is 7.16. The third-order valence-electron chi connectivity index (χ3n) is 5.43. The number of hydrogen-bond donors (Lipinski definition) is 1. The maximum atomic E-state index is 12.4. The summed E-state index contributed by atoms with van der Waals surface area (Å²) in [5.41, 5.74) is 1.13. The Bertz CT molecular complexity index is 556. The molecule has 0 atom stereocenters. The molecule has 4 heteroatoms. The summed E-state index contributed by atoms with van der Waals surface area (Å²) < 4.78 is 0. The Morgan fingerprint density at radius 1 is 1.00 bits per heavy atom. The smallest absolute Gasteiger partial charge is 0.261 e. The second kappa shape index (κ2) is 7.93. The normalized spacial score (nSPS) is 23.6. The highest BCUT2D eigenvalue weighted by Gasteiger charge is 2.36. The van der Waals surface area contributed by atoms with Crippen molar-refractivity contribution in [3.05, 3.63) is 35.4 Å². The Balaban J connectivity index is 1.47. The molecule has 24 heavy (non-hydrogen) atoms. The molecule has 0 radical (unpaired) electrons. The van der Waals surface area contributed by atoms with Crippen molar-refractivity contribution in [1.82, 2.24) is 10.2 Å². The van der Waals surface area contributed by atoms with Gasteiger partial charge < -0.3 is 5.32 Å². The highest BCUT2D eigenvalue weighted by molar-refractivity contribution is 6.21. The molecule has 2 aliphatic rings. The first-order chi connectivity index (χ1) is 11.7. The number of fused-ring (bicyclic) bond motifs is 1. The monoisotopic (exact) mass is 328 g/mol. The zero-order valence-corrected chi connectivity index (χ0v) is 14.6. The van der Waals surface area contributed by atoms with Gasteiger partial charge in [-0.3, -0.25) is 14.5 Å². The number of rotatable bonds is 7. The van der Waals surface area contributed by atoms with Crippen LogP contribution in [0.1, 0.15) is 66.2 Å². The van der Waals surface area contributed by atoms with E-state index in [0.29, 0.717) is 23.6 Å². The van der Waals surface area contributed by atoms with Crippen LogP contribution in [0, 0.1) is 11.8 Å². The van der Waals surface area contributed by atoms with Crippen LogP contribution >= 0.6 is 0 Å². The third kappa shape index (κ3) is 3.69. The SMILES string of the molecule is CCCCNCC1CCC(CN2C(=O)c3ccccc3C2=O)CC1. The largest absolute Gasteiger partial charge is 0.316 e. The predicted molar refractivity (Wildman–Crippen MR) is 95.0 cm³/mol. The molecule has 1 saturated carbocycles. The summed E-state index contributed by atoms with van der Waals surface area (Å²) in [6.45, 7) is 5.03. The van der Waals surface area contributed by atoms with Gasteiger partial charge in [-0.25, -0.2) is 0 Å². The van der Waals surface area contributed by atoms with Gasteiger partial charge in [0.25, 0.3) is 11.8 Å². The minimum absolute atomic E-state index is 0.112. The molecule has 3 rings (SSSR count). The molecule has 0 bridgehead atoms. The van der Waals surface area contributed by atoms with E-state index < -0.39 is 0 Å². The van der Waals surface area contributed by atoms with Crippen LogP contribution in [0.2, 0.25) is 0 Å². The number of benzene rings is 1. The van der Waals surface area contributed by atoms with E-state index in [-0.39, 0.29) is 11.8 Å². The molecule has 1 aromatic rings. The Morgan fingerprint density at radius 2 is 1.58 bits per heavy atom. The van der Waals surface area contributed by atoms with E-state index in [9.17, 15) is 9.59 Å². The fourth-order valence-corrected chi connectivity index (χ4v) is 3.89. The highest BCUT2D eigenvalue weighted by Crippen LogP contribution is 2.31. The van der Waals surface area contributed by atoms with Gasteiger partial charge in [-0.1, -0.05) is 25.5 Å². The molecule has 0 spiro atoms. The van der Waals surface area contributed by atoms with E-state index in [4.69, 9.17) is 0 Å². The molecule has 1 heterocycles. The predicted octanol–water partition coefficient (Wildman–Crippen LogP) is 3.48. The second-order valence-corrected chi connectivity index (χ2v) is 7.21. The Kier molecular flexibility index (Phi) is 5.67. The summed E-state index contributed by atoms with van der Waals surface area (Å²) in [6.07, 6.45) is 7.12. The minimum Gasteiger partial charge on any atom is -0.316 e. The Hall–Kier alpha value is -1.68. The van der Waals surface area contributed by atoms with Gasteiger partial charge in [0.15, 0.2) is 0 Å². The number of unbranched alkanes of at least 4 members (excludes halogenated alkanes) is 1. The van der Waals surface area contributed by atoms with E-state index in [1.165, 1.54) is 30.6 Å². The fourth-order valence-electron chi connectivity index (χ4n) is 3.89. The number of imide groups is 1. The van der Waals surface area contributed by atoms with Crippen LogP contribution in [0.4, 0.5) is 0 Å². The Labute approximate surface area is 144 Å². The number of carbonyl (C=O) groups is 2. The van der Waals surface area contributed by atoms with E-state index in [0.717, 1.165) is 31.8 Å². The quantitative estimate of drug-likeness (QED) is 0.616. The van der Waals surface area contributed by atoms with Gasteiger partial charge in [0.05, 0.1) is 11.1 Å². The number of carbonyl (C=O) groups excluding carboxylic acids is 2. The zero-order valence-electron chi connectivity index (χ0n) is 14.6. The lowest BCUT2D eigenvalue weighted by molar-refractivity contribution is 0.0610. The molecule has 0 saturated heterocycles. The van der Waals surface area contributed by atoms with Crippen molar-refractivity contribution < 1.29 is 9.59 Å². The van der Waals surface area contributed by atoms with Crippen LogP contribution in [0.25, 0.3) is 0 Å². The van der Waals surface area contributed by atoms with Crippen molar-refractivity contribution >= 4 is 11.8 Å². The summed E-state index contributed by atoms with van der Waals surface area (Å²) >= 11 is 0. The van der Waals surface area contributed by atoms with E-state index in [1.807, 2.05) is 12.1 Å². The van der Waals surface area contributed by atoms with Gasteiger partial charge in [0, 0.05) is 6.54 Å². The molecule has 1 aliphatic heterocycles. The molecule has 0 unspecified atom stereocenters. The summed E-state index contributed by atoms with van der Waals surface area (Å²) in [5, 5.41) is 3.55. The number of amides is 2. The number of nitrogens with one attached hydrogen (secondary N) is 1. The third-order valence-corrected chi connectivity index (χ3v) is 5.43. The first-order valence-electron chi connectivity index (χ1n) is 9.36. The van der Waals surface area contributed by atoms with Gasteiger partial charge in [-0.2, -0.15) is 0 Å². The van der Waals surface area contributed by atoms with E-state index in [1.54, 1.807) is 12.1 Å². The molecular weight excluding hydrogens is 300 g/mol. The maximum Gasteiger partial charge on any atom is 0.261 e. The van der Waals surface area contributed by atoms with E-state index in [2.05, 4.69) is 12.2 Å². The van der Waals surface area contributed by atoms with Gasteiger partial charge in [-0.05, 0) is 69.2 Å². The number of hydrogen-bond acceptors (Lipinski definition) is 3. The Morgan fingerprint density at radius 3 is 2.17 bits per heavy atom. The van der Waals surface area contributed by atoms with Gasteiger partial charge in [0.1, 0.15) is 0 Å². The summed E-state index contributed by atoms with van der Waals surface area (Å²) in [7, 11) is 0. The minimum atomic E-state index is -0.112. The highest BCUT2D eigenvalue weighted by atomic mass is 16.2. The first kappa shape index (κ1) is 17.2. The van der Waals surface area contributed by atoms with Gasteiger partial charge in [-0.15, -0.1) is 0 Å². The molecule has 1 aromatic carbocycles. The zero-order chi connectivity index (χ0) is 16.9. The van der Waals surface area contributed by atoms with Crippen molar-refractivity contribution in [2.75, 3.05) is 19.6 Å². The lowest BCUT2D eigenvalue weighted by atomic mass is 9.81. The lowest BCUT2D eigenvalue weighted by Crippen LogP contribution is -2.36. The van der Waals surface area contributed by atoms with Gasteiger partial charge >= 0.3 is 0 Å². The fraction of sp³-hybridized carbons (Fsp3) is 0.600. The van der Waals surface area contributed by atoms with Crippen molar-refractivity contribution in [3.63, 3.8) is 0 Å². The van der Waals surface area contributed by atoms with Crippen LogP contribution in [-0.4, -0.2) is 36.3 Å². The molecular formula is C20H28N2O2.